The van der Waals surface area contributed by atoms with Gasteiger partial charge in [0.2, 0.25) is 0 Å². The van der Waals surface area contributed by atoms with Gasteiger partial charge in [-0.05, 0) is 35.4 Å². The summed E-state index contributed by atoms with van der Waals surface area (Å²) in [4.78, 5) is 2.52. The van der Waals surface area contributed by atoms with Crippen LogP contribution in [0.25, 0.3) is 5.57 Å². The van der Waals surface area contributed by atoms with Crippen LogP contribution in [0.1, 0.15) is 5.56 Å². The number of hydrogen-bond donors (Lipinski definition) is 0. The highest BCUT2D eigenvalue weighted by molar-refractivity contribution is 8.17. The van der Waals surface area contributed by atoms with Gasteiger partial charge in [-0.3, -0.25) is 0 Å². The lowest BCUT2D eigenvalue weighted by molar-refractivity contribution is 1.42. The first kappa shape index (κ1) is 16.0. The van der Waals surface area contributed by atoms with Gasteiger partial charge < -0.3 is 0 Å². The molecule has 3 rings (SSSR count). The third-order valence-electron chi connectivity index (χ3n) is 3.40. The molecule has 0 unspecified atom stereocenters. The van der Waals surface area contributed by atoms with Crippen molar-refractivity contribution in [3.8, 4) is 0 Å². The summed E-state index contributed by atoms with van der Waals surface area (Å²) in [6.07, 6.45) is 0. The van der Waals surface area contributed by atoms with Crippen LogP contribution in [0.15, 0.2) is 107 Å². The fraction of sp³-hybridized carbons (Fsp3) is 0.0476. The molecule has 0 saturated carbocycles. The summed E-state index contributed by atoms with van der Waals surface area (Å²) in [5.41, 5.74) is 2.35. The Morgan fingerprint density at radius 2 is 1.00 bits per heavy atom. The topological polar surface area (TPSA) is 0 Å². The summed E-state index contributed by atoms with van der Waals surface area (Å²) in [7, 11) is 0. The summed E-state index contributed by atoms with van der Waals surface area (Å²) in [6.45, 7) is 4.38. The molecule has 0 aliphatic rings. The first-order valence-electron chi connectivity index (χ1n) is 7.50. The van der Waals surface area contributed by atoms with Crippen molar-refractivity contribution in [2.45, 2.75) is 14.4 Å². The van der Waals surface area contributed by atoms with E-state index in [9.17, 15) is 0 Å². The highest BCUT2D eigenvalue weighted by Crippen LogP contribution is 2.42. The van der Waals surface area contributed by atoms with Gasteiger partial charge in [-0.1, -0.05) is 73.3 Å². The smallest absolute Gasteiger partial charge is 0.0845 e. The van der Waals surface area contributed by atoms with E-state index in [0.717, 1.165) is 5.57 Å². The number of rotatable bonds is 6. The van der Waals surface area contributed by atoms with Gasteiger partial charge in [0.05, 0.1) is 4.58 Å². The van der Waals surface area contributed by atoms with Crippen LogP contribution in [-0.4, -0.2) is 4.58 Å². The van der Waals surface area contributed by atoms with Crippen molar-refractivity contribution in [3.63, 3.8) is 0 Å². The lowest BCUT2D eigenvalue weighted by Crippen LogP contribution is -2.00. The van der Waals surface area contributed by atoms with E-state index in [4.69, 9.17) is 0 Å². The van der Waals surface area contributed by atoms with Crippen LogP contribution >= 0.6 is 23.5 Å². The van der Waals surface area contributed by atoms with E-state index >= 15 is 0 Å². The van der Waals surface area contributed by atoms with E-state index in [-0.39, 0.29) is 4.58 Å². The zero-order valence-electron chi connectivity index (χ0n) is 12.8. The summed E-state index contributed by atoms with van der Waals surface area (Å²) in [6, 6.07) is 31.5. The van der Waals surface area contributed by atoms with Crippen LogP contribution in [0.5, 0.6) is 0 Å². The normalized spacial score (nSPS) is 10.7. The molecule has 0 spiro atoms. The standard InChI is InChI=1S/C21H18S2/c1-17(18-11-5-2-6-12-18)21(22-19-13-7-3-8-14-19)23-20-15-9-4-10-16-20/h2-16,21H,1H2. The summed E-state index contributed by atoms with van der Waals surface area (Å²) >= 11 is 3.70. The molecule has 2 heteroatoms. The molecule has 3 aromatic carbocycles. The summed E-state index contributed by atoms with van der Waals surface area (Å²) in [5, 5.41) is 0. The SMILES string of the molecule is C=C(c1ccccc1)C(Sc1ccccc1)Sc1ccccc1. The van der Waals surface area contributed by atoms with Crippen LogP contribution in [0.3, 0.4) is 0 Å². The van der Waals surface area contributed by atoms with Gasteiger partial charge in [0, 0.05) is 9.79 Å². The number of benzene rings is 3. The molecule has 0 atom stereocenters. The molecule has 0 N–H and O–H groups in total. The first-order valence-corrected chi connectivity index (χ1v) is 9.26. The third-order valence-corrected chi connectivity index (χ3v) is 6.06. The molecule has 0 heterocycles. The van der Waals surface area contributed by atoms with Gasteiger partial charge in [-0.25, -0.2) is 0 Å². The minimum atomic E-state index is 0.238. The average Bonchev–Trinajstić information content (AvgIpc) is 2.63. The van der Waals surface area contributed by atoms with Gasteiger partial charge in [0.25, 0.3) is 0 Å². The fourth-order valence-corrected chi connectivity index (χ4v) is 4.74. The Hall–Kier alpha value is -1.90. The van der Waals surface area contributed by atoms with Crippen molar-refractivity contribution >= 4 is 29.1 Å². The van der Waals surface area contributed by atoms with E-state index in [1.54, 1.807) is 0 Å². The Morgan fingerprint density at radius 1 is 0.609 bits per heavy atom. The Labute approximate surface area is 146 Å². The zero-order chi connectivity index (χ0) is 15.9. The highest BCUT2D eigenvalue weighted by Gasteiger charge is 2.17. The van der Waals surface area contributed by atoms with Gasteiger partial charge >= 0.3 is 0 Å². The molecule has 0 aliphatic carbocycles. The van der Waals surface area contributed by atoms with Crippen molar-refractivity contribution in [1.29, 1.82) is 0 Å². The van der Waals surface area contributed by atoms with E-state index in [0.29, 0.717) is 0 Å². The molecule has 0 nitrogen and oxygen atoms in total. The van der Waals surface area contributed by atoms with Crippen molar-refractivity contribution in [1.82, 2.24) is 0 Å². The fourth-order valence-electron chi connectivity index (χ4n) is 2.20. The Morgan fingerprint density at radius 3 is 1.43 bits per heavy atom. The highest BCUT2D eigenvalue weighted by atomic mass is 32.2. The van der Waals surface area contributed by atoms with Crippen LogP contribution in [-0.2, 0) is 0 Å². The van der Waals surface area contributed by atoms with Crippen LogP contribution in [0.4, 0.5) is 0 Å². The Kier molecular flexibility index (Phi) is 5.62. The minimum absolute atomic E-state index is 0.238. The minimum Gasteiger partial charge on any atom is -0.107 e. The molecular weight excluding hydrogens is 316 g/mol. The van der Waals surface area contributed by atoms with Crippen LogP contribution in [0.2, 0.25) is 0 Å². The quantitative estimate of drug-likeness (QED) is 0.367. The maximum absolute atomic E-state index is 4.38. The molecule has 0 radical (unpaired) electrons. The number of hydrogen-bond acceptors (Lipinski definition) is 2. The van der Waals surface area contributed by atoms with Gasteiger partial charge in [-0.2, -0.15) is 0 Å². The Bertz CT molecular complexity index is 695. The third kappa shape index (κ3) is 4.54. The second kappa shape index (κ2) is 8.09. The second-order valence-corrected chi connectivity index (χ2v) is 7.74. The lowest BCUT2D eigenvalue weighted by atomic mass is 10.1. The molecule has 3 aromatic rings. The van der Waals surface area contributed by atoms with E-state index in [1.165, 1.54) is 15.4 Å². The van der Waals surface area contributed by atoms with Crippen LogP contribution < -0.4 is 0 Å². The maximum atomic E-state index is 4.38. The molecule has 0 fully saturated rings. The molecule has 0 saturated heterocycles. The summed E-state index contributed by atoms with van der Waals surface area (Å²) in [5.74, 6) is 0. The van der Waals surface area contributed by atoms with E-state index in [2.05, 4.69) is 91.5 Å². The summed E-state index contributed by atoms with van der Waals surface area (Å²) < 4.78 is 0.238. The largest absolute Gasteiger partial charge is 0.107 e. The maximum Gasteiger partial charge on any atom is 0.0845 e. The van der Waals surface area contributed by atoms with Gasteiger partial charge in [0.15, 0.2) is 0 Å². The predicted octanol–water partition coefficient (Wildman–Crippen LogP) is 6.61. The van der Waals surface area contributed by atoms with Crippen LogP contribution in [0, 0.1) is 0 Å². The Balaban J connectivity index is 1.85. The molecule has 114 valence electrons. The van der Waals surface area contributed by atoms with E-state index < -0.39 is 0 Å². The average molecular weight is 335 g/mol. The van der Waals surface area contributed by atoms with E-state index in [1.807, 2.05) is 29.6 Å². The zero-order valence-corrected chi connectivity index (χ0v) is 14.4. The van der Waals surface area contributed by atoms with Crippen molar-refractivity contribution < 1.29 is 0 Å². The molecule has 0 aromatic heterocycles. The predicted molar refractivity (Wildman–Crippen MR) is 104 cm³/mol. The second-order valence-electron chi connectivity index (χ2n) is 5.08. The van der Waals surface area contributed by atoms with Crippen molar-refractivity contribution in [2.75, 3.05) is 0 Å². The van der Waals surface area contributed by atoms with Crippen molar-refractivity contribution in [3.05, 3.63) is 103 Å². The lowest BCUT2D eigenvalue weighted by Gasteiger charge is -2.19. The monoisotopic (exact) mass is 334 g/mol. The molecule has 0 aliphatic heterocycles. The van der Waals surface area contributed by atoms with Gasteiger partial charge in [-0.15, -0.1) is 23.5 Å². The molecule has 0 bridgehead atoms. The number of thioether (sulfide) groups is 2. The molecular formula is C21H18S2. The van der Waals surface area contributed by atoms with Gasteiger partial charge in [0.1, 0.15) is 0 Å². The molecule has 23 heavy (non-hydrogen) atoms. The molecule has 0 amide bonds. The van der Waals surface area contributed by atoms with Crippen molar-refractivity contribution in [2.24, 2.45) is 0 Å². The first-order chi connectivity index (χ1) is 11.3.